The van der Waals surface area contributed by atoms with Crippen molar-refractivity contribution in [1.29, 1.82) is 0 Å². The molecule has 2 aliphatic heterocycles. The predicted octanol–water partition coefficient (Wildman–Crippen LogP) is 0.714. The van der Waals surface area contributed by atoms with Crippen molar-refractivity contribution >= 4 is 5.95 Å². The molecular weight excluding hydrogens is 296 g/mol. The van der Waals surface area contributed by atoms with Gasteiger partial charge in [-0.3, -0.25) is 4.90 Å². The van der Waals surface area contributed by atoms with Gasteiger partial charge >= 0.3 is 0 Å². The Morgan fingerprint density at radius 3 is 2.65 bits per heavy atom. The molecule has 3 fully saturated rings. The fourth-order valence-corrected chi connectivity index (χ4v) is 3.75. The topological polar surface area (TPSA) is 74.9 Å². The summed E-state index contributed by atoms with van der Waals surface area (Å²) in [4.78, 5) is 9.25. The van der Waals surface area contributed by atoms with Crippen LogP contribution in [-0.2, 0) is 4.74 Å². The Hall–Kier alpha value is -1.18. The predicted molar refractivity (Wildman–Crippen MR) is 84.4 cm³/mol. The third kappa shape index (κ3) is 3.67. The molecule has 0 radical (unpaired) electrons. The Morgan fingerprint density at radius 1 is 1.13 bits per heavy atom. The molecule has 128 valence electrons. The van der Waals surface area contributed by atoms with Gasteiger partial charge in [-0.25, -0.2) is 0 Å². The molecule has 1 saturated carbocycles. The number of aliphatic hydroxyl groups is 1. The fraction of sp³-hybridized carbons (Fsp3) is 0.875. The zero-order valence-corrected chi connectivity index (χ0v) is 13.6. The van der Waals surface area contributed by atoms with Gasteiger partial charge in [0.1, 0.15) is 0 Å². The monoisotopic (exact) mass is 322 g/mol. The third-order valence-electron chi connectivity index (χ3n) is 5.14. The average molecular weight is 322 g/mol. The van der Waals surface area contributed by atoms with E-state index in [1.54, 1.807) is 0 Å². The Labute approximate surface area is 136 Å². The molecule has 2 unspecified atom stereocenters. The highest BCUT2D eigenvalue weighted by atomic mass is 16.5. The second kappa shape index (κ2) is 6.75. The van der Waals surface area contributed by atoms with Crippen molar-refractivity contribution in [2.45, 2.75) is 25.2 Å². The summed E-state index contributed by atoms with van der Waals surface area (Å²) in [5.74, 6) is 2.80. The van der Waals surface area contributed by atoms with Crippen LogP contribution in [-0.4, -0.2) is 72.7 Å². The number of hydrogen-bond acceptors (Lipinski definition) is 7. The van der Waals surface area contributed by atoms with E-state index in [2.05, 4.69) is 19.9 Å². The second-order valence-corrected chi connectivity index (χ2v) is 7.18. The molecule has 3 heterocycles. The number of ether oxygens (including phenoxy) is 1. The minimum absolute atomic E-state index is 0.226. The van der Waals surface area contributed by atoms with Crippen LogP contribution in [0.5, 0.6) is 0 Å². The number of morpholine rings is 1. The summed E-state index contributed by atoms with van der Waals surface area (Å²) in [5, 5.41) is 13.8. The van der Waals surface area contributed by atoms with E-state index in [4.69, 9.17) is 9.26 Å². The van der Waals surface area contributed by atoms with E-state index in [0.29, 0.717) is 17.8 Å². The Bertz CT molecular complexity index is 513. The lowest BCUT2D eigenvalue weighted by Crippen LogP contribution is -2.48. The van der Waals surface area contributed by atoms with Gasteiger partial charge in [-0.2, -0.15) is 4.98 Å². The largest absolute Gasteiger partial charge is 0.396 e. The van der Waals surface area contributed by atoms with Crippen molar-refractivity contribution in [3.05, 3.63) is 5.89 Å². The molecule has 4 rings (SSSR count). The molecule has 1 aromatic heterocycles. The first-order chi connectivity index (χ1) is 11.3. The van der Waals surface area contributed by atoms with Gasteiger partial charge in [0.05, 0.1) is 13.2 Å². The Kier molecular flexibility index (Phi) is 4.50. The molecular formula is C16H26N4O3. The molecule has 0 bridgehead atoms. The number of hydrogen-bond donors (Lipinski definition) is 1. The van der Waals surface area contributed by atoms with E-state index < -0.39 is 0 Å². The van der Waals surface area contributed by atoms with Crippen molar-refractivity contribution in [3.8, 4) is 0 Å². The van der Waals surface area contributed by atoms with E-state index in [1.807, 2.05) is 0 Å². The molecule has 7 nitrogen and oxygen atoms in total. The van der Waals surface area contributed by atoms with E-state index in [0.717, 1.165) is 58.2 Å². The van der Waals surface area contributed by atoms with Crippen LogP contribution >= 0.6 is 0 Å². The molecule has 2 atom stereocenters. The standard InChI is InChI=1S/C16H26N4O3/c21-11-13-7-12(8-19-3-5-22-6-4-19)9-20(10-13)16-17-15(23-18-16)14-1-2-14/h12-14,21H,1-11H2. The summed E-state index contributed by atoms with van der Waals surface area (Å²) in [6.45, 7) is 6.72. The van der Waals surface area contributed by atoms with Crippen LogP contribution in [0.25, 0.3) is 0 Å². The molecule has 3 aliphatic rings. The zero-order chi connectivity index (χ0) is 15.6. The van der Waals surface area contributed by atoms with Crippen LogP contribution in [0.15, 0.2) is 4.52 Å². The molecule has 0 spiro atoms. The Morgan fingerprint density at radius 2 is 1.91 bits per heavy atom. The van der Waals surface area contributed by atoms with Crippen molar-refractivity contribution in [2.24, 2.45) is 11.8 Å². The fourth-order valence-electron chi connectivity index (χ4n) is 3.75. The van der Waals surface area contributed by atoms with Crippen LogP contribution < -0.4 is 4.90 Å². The second-order valence-electron chi connectivity index (χ2n) is 7.18. The van der Waals surface area contributed by atoms with Crippen LogP contribution in [0.4, 0.5) is 5.95 Å². The maximum absolute atomic E-state index is 9.66. The van der Waals surface area contributed by atoms with Gasteiger partial charge in [0, 0.05) is 45.2 Å². The first-order valence-electron chi connectivity index (χ1n) is 8.81. The van der Waals surface area contributed by atoms with Gasteiger partial charge in [-0.05, 0) is 36.3 Å². The summed E-state index contributed by atoms with van der Waals surface area (Å²) in [6.07, 6.45) is 3.40. The third-order valence-corrected chi connectivity index (χ3v) is 5.14. The molecule has 0 amide bonds. The molecule has 23 heavy (non-hydrogen) atoms. The van der Waals surface area contributed by atoms with Gasteiger partial charge in [-0.15, -0.1) is 0 Å². The summed E-state index contributed by atoms with van der Waals surface area (Å²) in [5.41, 5.74) is 0. The summed E-state index contributed by atoms with van der Waals surface area (Å²) in [6, 6.07) is 0. The van der Waals surface area contributed by atoms with E-state index in [-0.39, 0.29) is 12.5 Å². The molecule has 1 N–H and O–H groups in total. The van der Waals surface area contributed by atoms with Crippen LogP contribution in [0.3, 0.4) is 0 Å². The summed E-state index contributed by atoms with van der Waals surface area (Å²) >= 11 is 0. The van der Waals surface area contributed by atoms with Crippen molar-refractivity contribution < 1.29 is 14.4 Å². The lowest BCUT2D eigenvalue weighted by molar-refractivity contribution is 0.0267. The summed E-state index contributed by atoms with van der Waals surface area (Å²) in [7, 11) is 0. The van der Waals surface area contributed by atoms with Crippen molar-refractivity contribution in [1.82, 2.24) is 15.0 Å². The van der Waals surface area contributed by atoms with E-state index in [9.17, 15) is 5.11 Å². The minimum Gasteiger partial charge on any atom is -0.396 e. The lowest BCUT2D eigenvalue weighted by atomic mass is 9.89. The Balaban J connectivity index is 1.41. The number of aliphatic hydroxyl groups excluding tert-OH is 1. The van der Waals surface area contributed by atoms with Gasteiger partial charge < -0.3 is 19.3 Å². The van der Waals surface area contributed by atoms with Crippen molar-refractivity contribution in [2.75, 3.05) is 57.4 Å². The molecule has 7 heteroatoms. The lowest BCUT2D eigenvalue weighted by Gasteiger charge is -2.39. The van der Waals surface area contributed by atoms with Crippen LogP contribution in [0.1, 0.15) is 31.1 Å². The highest BCUT2D eigenvalue weighted by Crippen LogP contribution is 2.39. The number of anilines is 1. The zero-order valence-electron chi connectivity index (χ0n) is 13.6. The normalized spacial score (nSPS) is 29.9. The van der Waals surface area contributed by atoms with Gasteiger partial charge in [-0.1, -0.05) is 0 Å². The van der Waals surface area contributed by atoms with Crippen LogP contribution in [0.2, 0.25) is 0 Å². The number of aromatic nitrogens is 2. The first-order valence-corrected chi connectivity index (χ1v) is 8.81. The highest BCUT2D eigenvalue weighted by molar-refractivity contribution is 5.30. The minimum atomic E-state index is 0.226. The average Bonchev–Trinajstić information content (AvgIpc) is 3.32. The maximum Gasteiger partial charge on any atom is 0.266 e. The molecule has 1 aliphatic carbocycles. The van der Waals surface area contributed by atoms with E-state index in [1.165, 1.54) is 12.8 Å². The van der Waals surface area contributed by atoms with Gasteiger partial charge in [0.25, 0.3) is 5.95 Å². The summed E-state index contributed by atoms with van der Waals surface area (Å²) < 4.78 is 10.8. The number of rotatable bonds is 5. The van der Waals surface area contributed by atoms with E-state index >= 15 is 0 Å². The first kappa shape index (κ1) is 15.4. The van der Waals surface area contributed by atoms with Gasteiger partial charge in [0.2, 0.25) is 5.89 Å². The quantitative estimate of drug-likeness (QED) is 0.856. The molecule has 1 aromatic rings. The van der Waals surface area contributed by atoms with Crippen LogP contribution in [0, 0.1) is 11.8 Å². The number of piperidine rings is 1. The SMILES string of the molecule is OCC1CC(CN2CCOCC2)CN(c2noc(C3CC3)n2)C1. The smallest absolute Gasteiger partial charge is 0.266 e. The molecule has 2 saturated heterocycles. The maximum atomic E-state index is 9.66. The van der Waals surface area contributed by atoms with Crippen molar-refractivity contribution in [3.63, 3.8) is 0 Å². The number of nitrogens with zero attached hydrogens (tertiary/aromatic N) is 4. The van der Waals surface area contributed by atoms with Gasteiger partial charge in [0.15, 0.2) is 0 Å². The highest BCUT2D eigenvalue weighted by Gasteiger charge is 2.33. The molecule has 0 aromatic carbocycles.